The number of rotatable bonds is 3. The molecule has 1 saturated heterocycles. The second-order valence-electron chi connectivity index (χ2n) is 3.79. The van der Waals surface area contributed by atoms with Gasteiger partial charge >= 0.3 is 5.97 Å². The summed E-state index contributed by atoms with van der Waals surface area (Å²) < 4.78 is 5.13. The topological polar surface area (TPSA) is 38.3 Å². The molecule has 0 amide bonds. The van der Waals surface area contributed by atoms with Crippen molar-refractivity contribution in [2.45, 2.75) is 19.4 Å². The third kappa shape index (κ3) is 3.12. The Bertz CT molecular complexity index is 376. The van der Waals surface area contributed by atoms with Crippen molar-refractivity contribution >= 4 is 5.97 Å². The van der Waals surface area contributed by atoms with Crippen LogP contribution in [0.15, 0.2) is 42.1 Å². The molecule has 1 fully saturated rings. The Balaban J connectivity index is 1.82. The highest BCUT2D eigenvalue weighted by Gasteiger charge is 2.08. The van der Waals surface area contributed by atoms with Crippen LogP contribution in [0.2, 0.25) is 0 Å². The highest BCUT2D eigenvalue weighted by atomic mass is 16.5. The van der Waals surface area contributed by atoms with E-state index in [4.69, 9.17) is 4.74 Å². The number of esters is 1. The minimum absolute atomic E-state index is 0.270. The largest absolute Gasteiger partial charge is 0.458 e. The molecular weight excluding hydrogens is 202 g/mol. The molecule has 16 heavy (non-hydrogen) atoms. The number of carbonyl (C=O) groups excluding carboxylic acids is 1. The van der Waals surface area contributed by atoms with E-state index in [0.717, 1.165) is 30.6 Å². The molecule has 2 rings (SSSR count). The molecule has 3 nitrogen and oxygen atoms in total. The van der Waals surface area contributed by atoms with E-state index >= 15 is 0 Å². The molecule has 1 heterocycles. The van der Waals surface area contributed by atoms with Crippen molar-refractivity contribution in [1.82, 2.24) is 5.32 Å². The first-order chi connectivity index (χ1) is 7.84. The average Bonchev–Trinajstić information content (AvgIpc) is 2.81. The Labute approximate surface area is 95.1 Å². The SMILES string of the molecule is O=C(C=C1CCCN1)OCc1ccccc1. The second kappa shape index (κ2) is 5.35. The molecule has 3 heteroatoms. The van der Waals surface area contributed by atoms with Crippen LogP contribution < -0.4 is 5.32 Å². The van der Waals surface area contributed by atoms with Crippen molar-refractivity contribution in [2.24, 2.45) is 0 Å². The summed E-state index contributed by atoms with van der Waals surface area (Å²) in [5.74, 6) is -0.270. The van der Waals surface area contributed by atoms with Gasteiger partial charge in [0.2, 0.25) is 0 Å². The van der Waals surface area contributed by atoms with Gasteiger partial charge in [-0.1, -0.05) is 30.3 Å². The fourth-order valence-corrected chi connectivity index (χ4v) is 1.65. The monoisotopic (exact) mass is 217 g/mol. The molecule has 0 atom stereocenters. The van der Waals surface area contributed by atoms with Crippen LogP contribution in [0.3, 0.4) is 0 Å². The number of benzene rings is 1. The number of hydrogen-bond acceptors (Lipinski definition) is 3. The van der Waals surface area contributed by atoms with E-state index in [2.05, 4.69) is 5.32 Å². The van der Waals surface area contributed by atoms with E-state index in [0.29, 0.717) is 6.61 Å². The van der Waals surface area contributed by atoms with Gasteiger partial charge in [0, 0.05) is 18.3 Å². The van der Waals surface area contributed by atoms with Crippen molar-refractivity contribution in [3.63, 3.8) is 0 Å². The summed E-state index contributed by atoms with van der Waals surface area (Å²) in [7, 11) is 0. The van der Waals surface area contributed by atoms with Gasteiger partial charge < -0.3 is 10.1 Å². The van der Waals surface area contributed by atoms with Crippen LogP contribution in [0.4, 0.5) is 0 Å². The Hall–Kier alpha value is -1.77. The zero-order valence-electron chi connectivity index (χ0n) is 9.11. The van der Waals surface area contributed by atoms with Gasteiger partial charge in [-0.3, -0.25) is 0 Å². The number of ether oxygens (including phenoxy) is 1. The summed E-state index contributed by atoms with van der Waals surface area (Å²) in [6, 6.07) is 9.68. The van der Waals surface area contributed by atoms with Crippen LogP contribution in [-0.2, 0) is 16.1 Å². The Kier molecular flexibility index (Phi) is 3.59. The molecule has 0 spiro atoms. The lowest BCUT2D eigenvalue weighted by atomic mass is 10.2. The number of nitrogens with one attached hydrogen (secondary N) is 1. The van der Waals surface area contributed by atoms with E-state index in [1.54, 1.807) is 6.08 Å². The summed E-state index contributed by atoms with van der Waals surface area (Å²) >= 11 is 0. The van der Waals surface area contributed by atoms with Crippen LogP contribution >= 0.6 is 0 Å². The van der Waals surface area contributed by atoms with Gasteiger partial charge in [0.25, 0.3) is 0 Å². The van der Waals surface area contributed by atoms with Crippen LogP contribution in [0, 0.1) is 0 Å². The first kappa shape index (κ1) is 10.7. The molecule has 0 unspecified atom stereocenters. The smallest absolute Gasteiger partial charge is 0.332 e. The predicted molar refractivity (Wildman–Crippen MR) is 61.6 cm³/mol. The van der Waals surface area contributed by atoms with E-state index < -0.39 is 0 Å². The average molecular weight is 217 g/mol. The minimum Gasteiger partial charge on any atom is -0.458 e. The summed E-state index contributed by atoms with van der Waals surface area (Å²) in [5.41, 5.74) is 1.99. The molecule has 0 aliphatic carbocycles. The zero-order chi connectivity index (χ0) is 11.2. The van der Waals surface area contributed by atoms with E-state index in [9.17, 15) is 4.79 Å². The Morgan fingerprint density at radius 2 is 2.19 bits per heavy atom. The molecule has 1 aromatic rings. The van der Waals surface area contributed by atoms with Crippen LogP contribution in [0.25, 0.3) is 0 Å². The first-order valence-corrected chi connectivity index (χ1v) is 5.50. The lowest BCUT2D eigenvalue weighted by Gasteiger charge is -2.03. The van der Waals surface area contributed by atoms with E-state index in [1.165, 1.54) is 0 Å². The van der Waals surface area contributed by atoms with Crippen LogP contribution in [0.5, 0.6) is 0 Å². The third-order valence-electron chi connectivity index (χ3n) is 2.49. The summed E-state index contributed by atoms with van der Waals surface area (Å²) in [6.45, 7) is 1.29. The van der Waals surface area contributed by atoms with Crippen molar-refractivity contribution in [2.75, 3.05) is 6.54 Å². The second-order valence-corrected chi connectivity index (χ2v) is 3.79. The van der Waals surface area contributed by atoms with Crippen molar-refractivity contribution in [3.8, 4) is 0 Å². The van der Waals surface area contributed by atoms with Gasteiger partial charge in [-0.15, -0.1) is 0 Å². The Morgan fingerprint density at radius 1 is 1.38 bits per heavy atom. The maximum atomic E-state index is 11.4. The normalized spacial score (nSPS) is 17.1. The van der Waals surface area contributed by atoms with Crippen molar-refractivity contribution in [3.05, 3.63) is 47.7 Å². The quantitative estimate of drug-likeness (QED) is 0.621. The van der Waals surface area contributed by atoms with E-state index in [1.807, 2.05) is 30.3 Å². The maximum Gasteiger partial charge on any atom is 0.332 e. The fraction of sp³-hybridized carbons (Fsp3) is 0.308. The molecule has 84 valence electrons. The highest BCUT2D eigenvalue weighted by Crippen LogP contribution is 2.09. The molecule has 0 saturated carbocycles. The van der Waals surface area contributed by atoms with Gasteiger partial charge in [-0.05, 0) is 18.4 Å². The minimum atomic E-state index is -0.270. The lowest BCUT2D eigenvalue weighted by molar-refractivity contribution is -0.139. The third-order valence-corrected chi connectivity index (χ3v) is 2.49. The number of hydrogen-bond donors (Lipinski definition) is 1. The van der Waals surface area contributed by atoms with Crippen LogP contribution in [0.1, 0.15) is 18.4 Å². The van der Waals surface area contributed by atoms with Crippen molar-refractivity contribution < 1.29 is 9.53 Å². The van der Waals surface area contributed by atoms with Gasteiger partial charge in [0.1, 0.15) is 6.61 Å². The van der Waals surface area contributed by atoms with Gasteiger partial charge in [-0.2, -0.15) is 0 Å². The van der Waals surface area contributed by atoms with Gasteiger partial charge in [0.15, 0.2) is 0 Å². The molecule has 1 aliphatic rings. The lowest BCUT2D eigenvalue weighted by Crippen LogP contribution is -2.08. The van der Waals surface area contributed by atoms with E-state index in [-0.39, 0.29) is 5.97 Å². The number of allylic oxidation sites excluding steroid dienone is 1. The molecule has 0 radical (unpaired) electrons. The summed E-state index contributed by atoms with van der Waals surface area (Å²) in [6.07, 6.45) is 3.59. The first-order valence-electron chi connectivity index (χ1n) is 5.50. The molecule has 0 bridgehead atoms. The summed E-state index contributed by atoms with van der Waals surface area (Å²) in [4.78, 5) is 11.4. The zero-order valence-corrected chi connectivity index (χ0v) is 9.11. The van der Waals surface area contributed by atoms with Gasteiger partial charge in [-0.25, -0.2) is 4.79 Å². The molecule has 1 N–H and O–H groups in total. The molecule has 1 aliphatic heterocycles. The van der Waals surface area contributed by atoms with Crippen LogP contribution in [-0.4, -0.2) is 12.5 Å². The fourth-order valence-electron chi connectivity index (χ4n) is 1.65. The van der Waals surface area contributed by atoms with Gasteiger partial charge in [0.05, 0.1) is 0 Å². The molecule has 0 aromatic heterocycles. The Morgan fingerprint density at radius 3 is 2.88 bits per heavy atom. The van der Waals surface area contributed by atoms with Crippen molar-refractivity contribution in [1.29, 1.82) is 0 Å². The predicted octanol–water partition coefficient (Wildman–Crippen LogP) is 2.00. The highest BCUT2D eigenvalue weighted by molar-refractivity contribution is 5.82. The standard InChI is InChI=1S/C13H15NO2/c15-13(9-12-7-4-8-14-12)16-10-11-5-2-1-3-6-11/h1-3,5-6,9,14H,4,7-8,10H2. The molecule has 1 aromatic carbocycles. The maximum absolute atomic E-state index is 11.4. The molecular formula is C13H15NO2. The number of carbonyl (C=O) groups is 1. The summed E-state index contributed by atoms with van der Waals surface area (Å²) in [5, 5.41) is 3.15.